The Kier molecular flexibility index (Phi) is 4.02. The number of hydrogen-bond donors (Lipinski definition) is 1. The van der Waals surface area contributed by atoms with Gasteiger partial charge in [0, 0.05) is 5.02 Å². The number of anilines is 1. The summed E-state index contributed by atoms with van der Waals surface area (Å²) in [6, 6.07) is 12.7. The zero-order valence-corrected chi connectivity index (χ0v) is 13.0. The van der Waals surface area contributed by atoms with Crippen LogP contribution in [-0.4, -0.2) is 29.2 Å². The van der Waals surface area contributed by atoms with E-state index >= 15 is 0 Å². The van der Waals surface area contributed by atoms with Crippen molar-refractivity contribution in [3.63, 3.8) is 0 Å². The highest BCUT2D eigenvalue weighted by Gasteiger charge is 2.36. The maximum absolute atomic E-state index is 12.2. The molecule has 3 rings (SSSR count). The summed E-state index contributed by atoms with van der Waals surface area (Å²) in [7, 11) is 0. The fourth-order valence-corrected chi connectivity index (χ4v) is 2.61. The summed E-state index contributed by atoms with van der Waals surface area (Å²) >= 11 is 5.86. The van der Waals surface area contributed by atoms with Crippen molar-refractivity contribution < 1.29 is 14.4 Å². The number of carbonyl (C=O) groups excluding carboxylic acids is 3. The van der Waals surface area contributed by atoms with E-state index in [0.717, 1.165) is 4.90 Å². The van der Waals surface area contributed by atoms with E-state index in [1.807, 2.05) is 6.07 Å². The lowest BCUT2D eigenvalue weighted by Crippen LogP contribution is -2.37. The molecule has 0 spiro atoms. The minimum absolute atomic E-state index is 0.228. The third-order valence-corrected chi connectivity index (χ3v) is 3.79. The largest absolute Gasteiger partial charge is 0.323 e. The molecule has 2 aromatic carbocycles. The van der Waals surface area contributed by atoms with Crippen molar-refractivity contribution in [1.82, 2.24) is 4.90 Å². The van der Waals surface area contributed by atoms with E-state index in [9.17, 15) is 14.4 Å². The molecule has 0 atom stereocenters. The maximum atomic E-state index is 12.2. The van der Waals surface area contributed by atoms with Crippen LogP contribution < -0.4 is 5.32 Å². The molecular weight excluding hydrogens is 330 g/mol. The fourth-order valence-electron chi connectivity index (χ4n) is 2.43. The minimum atomic E-state index is -0.594. The molecule has 1 aliphatic heterocycles. The van der Waals surface area contributed by atoms with Gasteiger partial charge in [-0.25, -0.2) is 0 Å². The Balaban J connectivity index is 1.78. The second-order valence-corrected chi connectivity index (χ2v) is 5.53. The highest BCUT2D eigenvalue weighted by Crippen LogP contribution is 2.23. The SMILES string of the molecule is N#Cc1ccc(Cl)cc1NC(=O)CN1C(=O)c2ccccc2C1=O. The van der Waals surface area contributed by atoms with Gasteiger partial charge in [0.2, 0.25) is 5.91 Å². The highest BCUT2D eigenvalue weighted by atomic mass is 35.5. The molecule has 118 valence electrons. The molecule has 0 bridgehead atoms. The number of nitrogens with one attached hydrogen (secondary N) is 1. The lowest BCUT2D eigenvalue weighted by atomic mass is 10.1. The van der Waals surface area contributed by atoms with Gasteiger partial charge in [-0.1, -0.05) is 23.7 Å². The molecule has 0 fully saturated rings. The summed E-state index contributed by atoms with van der Waals surface area (Å²) < 4.78 is 0. The summed E-state index contributed by atoms with van der Waals surface area (Å²) in [5.41, 5.74) is 1.01. The Morgan fingerprint density at radius 2 is 1.75 bits per heavy atom. The van der Waals surface area contributed by atoms with Gasteiger partial charge in [-0.15, -0.1) is 0 Å². The van der Waals surface area contributed by atoms with Gasteiger partial charge in [-0.3, -0.25) is 19.3 Å². The summed E-state index contributed by atoms with van der Waals surface area (Å²) in [5, 5.41) is 11.9. The lowest BCUT2D eigenvalue weighted by Gasteiger charge is -2.14. The van der Waals surface area contributed by atoms with Crippen molar-refractivity contribution in [1.29, 1.82) is 5.26 Å². The monoisotopic (exact) mass is 339 g/mol. The molecule has 0 aliphatic carbocycles. The van der Waals surface area contributed by atoms with Crippen molar-refractivity contribution in [2.75, 3.05) is 11.9 Å². The normalized spacial score (nSPS) is 12.8. The van der Waals surface area contributed by atoms with Crippen LogP contribution in [-0.2, 0) is 4.79 Å². The van der Waals surface area contributed by atoms with Gasteiger partial charge in [-0.2, -0.15) is 5.26 Å². The van der Waals surface area contributed by atoms with Crippen LogP contribution in [0.25, 0.3) is 0 Å². The van der Waals surface area contributed by atoms with E-state index in [1.165, 1.54) is 30.3 Å². The van der Waals surface area contributed by atoms with Crippen LogP contribution in [0, 0.1) is 11.3 Å². The van der Waals surface area contributed by atoms with Gasteiger partial charge in [0.1, 0.15) is 12.6 Å². The number of hydrogen-bond acceptors (Lipinski definition) is 4. The van der Waals surface area contributed by atoms with Crippen LogP contribution in [0.1, 0.15) is 26.3 Å². The van der Waals surface area contributed by atoms with Crippen molar-refractivity contribution in [2.24, 2.45) is 0 Å². The van der Waals surface area contributed by atoms with Crippen LogP contribution in [0.3, 0.4) is 0 Å². The minimum Gasteiger partial charge on any atom is -0.323 e. The summed E-state index contributed by atoms with van der Waals surface area (Å²) in [6.45, 7) is -0.441. The average Bonchev–Trinajstić information content (AvgIpc) is 2.80. The van der Waals surface area contributed by atoms with Gasteiger partial charge >= 0.3 is 0 Å². The Hall–Kier alpha value is -3.17. The molecule has 0 radical (unpaired) electrons. The van der Waals surface area contributed by atoms with Gasteiger partial charge < -0.3 is 5.32 Å². The number of rotatable bonds is 3. The Bertz CT molecular complexity index is 883. The quantitative estimate of drug-likeness (QED) is 0.870. The summed E-state index contributed by atoms with van der Waals surface area (Å²) in [5.74, 6) is -1.63. The van der Waals surface area contributed by atoms with Crippen molar-refractivity contribution in [3.8, 4) is 6.07 Å². The van der Waals surface area contributed by atoms with E-state index in [4.69, 9.17) is 16.9 Å². The first-order valence-electron chi connectivity index (χ1n) is 6.96. The number of fused-ring (bicyclic) bond motifs is 1. The molecule has 0 unspecified atom stereocenters. The molecule has 0 aromatic heterocycles. The topological polar surface area (TPSA) is 90.3 Å². The van der Waals surface area contributed by atoms with E-state index in [1.54, 1.807) is 12.1 Å². The predicted molar refractivity (Wildman–Crippen MR) is 86.6 cm³/mol. The molecule has 6 nitrogen and oxygen atoms in total. The van der Waals surface area contributed by atoms with Crippen LogP contribution in [0.4, 0.5) is 5.69 Å². The number of amides is 3. The number of carbonyl (C=O) groups is 3. The molecule has 3 amide bonds. The lowest BCUT2D eigenvalue weighted by molar-refractivity contribution is -0.116. The van der Waals surface area contributed by atoms with Crippen molar-refractivity contribution >= 4 is 35.0 Å². The second-order valence-electron chi connectivity index (χ2n) is 5.09. The number of nitrogens with zero attached hydrogens (tertiary/aromatic N) is 2. The van der Waals surface area contributed by atoms with Crippen LogP contribution in [0.2, 0.25) is 5.02 Å². The first-order chi connectivity index (χ1) is 11.5. The molecule has 1 heterocycles. The zero-order chi connectivity index (χ0) is 17.3. The highest BCUT2D eigenvalue weighted by molar-refractivity contribution is 6.31. The molecule has 1 N–H and O–H groups in total. The van der Waals surface area contributed by atoms with Gasteiger partial charge in [0.15, 0.2) is 0 Å². The first kappa shape index (κ1) is 15.7. The zero-order valence-electron chi connectivity index (χ0n) is 12.2. The second kappa shape index (κ2) is 6.14. The molecule has 0 saturated carbocycles. The Morgan fingerprint density at radius 3 is 2.33 bits per heavy atom. The number of imide groups is 1. The van der Waals surface area contributed by atoms with E-state index < -0.39 is 24.3 Å². The van der Waals surface area contributed by atoms with Crippen molar-refractivity contribution in [3.05, 3.63) is 64.2 Å². The fraction of sp³-hybridized carbons (Fsp3) is 0.0588. The molecule has 1 aliphatic rings. The van der Waals surface area contributed by atoms with Crippen LogP contribution >= 0.6 is 11.6 Å². The molecule has 0 saturated heterocycles. The first-order valence-corrected chi connectivity index (χ1v) is 7.34. The molecule has 2 aromatic rings. The number of halogens is 1. The summed E-state index contributed by atoms with van der Waals surface area (Å²) in [4.78, 5) is 37.5. The summed E-state index contributed by atoms with van der Waals surface area (Å²) in [6.07, 6.45) is 0. The smallest absolute Gasteiger partial charge is 0.262 e. The molecule has 24 heavy (non-hydrogen) atoms. The molecule has 7 heteroatoms. The molecular formula is C17H10ClN3O3. The van der Waals surface area contributed by atoms with Gasteiger partial charge in [0.25, 0.3) is 11.8 Å². The third-order valence-electron chi connectivity index (χ3n) is 3.56. The van der Waals surface area contributed by atoms with Crippen LogP contribution in [0.15, 0.2) is 42.5 Å². The van der Waals surface area contributed by atoms with Crippen molar-refractivity contribution in [2.45, 2.75) is 0 Å². The Labute approximate surface area is 142 Å². The number of nitriles is 1. The Morgan fingerprint density at radius 1 is 1.12 bits per heavy atom. The standard InChI is InChI=1S/C17H10ClN3O3/c18-11-6-5-10(8-19)14(7-11)20-15(22)9-21-16(23)12-3-1-2-4-13(12)17(21)24/h1-7H,9H2,(H,20,22). The van der Waals surface area contributed by atoms with Gasteiger partial charge in [-0.05, 0) is 30.3 Å². The number of benzene rings is 2. The van der Waals surface area contributed by atoms with E-state index in [0.29, 0.717) is 5.02 Å². The van der Waals surface area contributed by atoms with Gasteiger partial charge in [0.05, 0.1) is 22.4 Å². The van der Waals surface area contributed by atoms with E-state index in [2.05, 4.69) is 5.32 Å². The maximum Gasteiger partial charge on any atom is 0.262 e. The predicted octanol–water partition coefficient (Wildman–Crippen LogP) is 2.45. The van der Waals surface area contributed by atoms with E-state index in [-0.39, 0.29) is 22.4 Å². The average molecular weight is 340 g/mol. The van der Waals surface area contributed by atoms with Crippen LogP contribution in [0.5, 0.6) is 0 Å². The third kappa shape index (κ3) is 2.73.